The predicted octanol–water partition coefficient (Wildman–Crippen LogP) is 1.36. The molecule has 0 aromatic carbocycles. The molecule has 2 N–H and O–H groups in total. The summed E-state index contributed by atoms with van der Waals surface area (Å²) in [5, 5.41) is 18.6. The number of hydrogen-bond acceptors (Lipinski definition) is 2. The molecule has 2 nitrogen and oxygen atoms in total. The fourth-order valence-corrected chi connectivity index (χ4v) is 1.50. The van der Waals surface area contributed by atoms with Crippen LogP contribution in [0.15, 0.2) is 21.8 Å². The summed E-state index contributed by atoms with van der Waals surface area (Å²) >= 11 is 3.89. The zero-order valence-electron chi connectivity index (χ0n) is 4.96. The van der Waals surface area contributed by atoms with Crippen molar-refractivity contribution in [3.8, 4) is 0 Å². The Balaban J connectivity index is 2.84. The Hall–Kier alpha value is 0.860. The van der Waals surface area contributed by atoms with Crippen LogP contribution in [0.4, 0.5) is 0 Å². The van der Waals surface area contributed by atoms with E-state index < -0.39 is 9.71 Å². The number of allylic oxidation sites excluding steroid dienone is 2. The summed E-state index contributed by atoms with van der Waals surface area (Å²) in [5.74, 6) is 0. The molecule has 1 aliphatic rings. The van der Waals surface area contributed by atoms with Crippen molar-refractivity contribution in [1.82, 2.24) is 0 Å². The molecular formula is C6H6I2O2. The molecule has 0 aliphatic heterocycles. The van der Waals surface area contributed by atoms with Crippen molar-refractivity contribution in [1.29, 1.82) is 0 Å². The molecule has 0 saturated carbocycles. The average molecular weight is 364 g/mol. The third kappa shape index (κ3) is 1.93. The van der Waals surface area contributed by atoms with Crippen LogP contribution in [0.5, 0.6) is 0 Å². The first-order valence-electron chi connectivity index (χ1n) is 2.68. The summed E-state index contributed by atoms with van der Waals surface area (Å²) in [6.45, 7) is 0. The molecule has 1 aliphatic carbocycles. The molecule has 0 amide bonds. The topological polar surface area (TPSA) is 40.5 Å². The number of aliphatic hydroxyl groups is 2. The molecule has 56 valence electrons. The van der Waals surface area contributed by atoms with Gasteiger partial charge in [-0.15, -0.1) is 0 Å². The minimum Gasteiger partial charge on any atom is -0.385 e. The van der Waals surface area contributed by atoms with Crippen LogP contribution in [-0.2, 0) is 0 Å². The second-order valence-corrected chi connectivity index (χ2v) is 5.03. The van der Waals surface area contributed by atoms with Crippen LogP contribution < -0.4 is 0 Å². The number of alkyl halides is 1. The van der Waals surface area contributed by atoms with Gasteiger partial charge < -0.3 is 10.2 Å². The zero-order valence-corrected chi connectivity index (χ0v) is 9.27. The van der Waals surface area contributed by atoms with Crippen molar-refractivity contribution < 1.29 is 10.2 Å². The van der Waals surface area contributed by atoms with Gasteiger partial charge in [-0.25, -0.2) is 0 Å². The van der Waals surface area contributed by atoms with Gasteiger partial charge in [0.05, 0.1) is 0 Å². The lowest BCUT2D eigenvalue weighted by atomic mass is 10.1. The van der Waals surface area contributed by atoms with Crippen molar-refractivity contribution in [3.63, 3.8) is 0 Å². The lowest BCUT2D eigenvalue weighted by Gasteiger charge is -2.24. The maximum Gasteiger partial charge on any atom is 0.163 e. The Morgan fingerprint density at radius 2 is 2.20 bits per heavy atom. The second-order valence-electron chi connectivity index (χ2n) is 2.06. The highest BCUT2D eigenvalue weighted by Gasteiger charge is 2.29. The van der Waals surface area contributed by atoms with Crippen molar-refractivity contribution >= 4 is 45.2 Å². The van der Waals surface area contributed by atoms with Crippen molar-refractivity contribution in [2.24, 2.45) is 0 Å². The summed E-state index contributed by atoms with van der Waals surface area (Å²) in [5.41, 5.74) is 0. The van der Waals surface area contributed by atoms with Crippen molar-refractivity contribution in [2.75, 3.05) is 0 Å². The van der Waals surface area contributed by atoms with E-state index >= 15 is 0 Å². The van der Waals surface area contributed by atoms with E-state index in [9.17, 15) is 10.2 Å². The van der Waals surface area contributed by atoms with E-state index in [1.165, 1.54) is 0 Å². The molecule has 0 heterocycles. The Bertz CT molecular complexity index is 196. The first-order chi connectivity index (χ1) is 4.52. The monoisotopic (exact) mass is 364 g/mol. The van der Waals surface area contributed by atoms with Crippen LogP contribution in [0.2, 0.25) is 0 Å². The van der Waals surface area contributed by atoms with Crippen LogP contribution in [-0.4, -0.2) is 19.9 Å². The smallest absolute Gasteiger partial charge is 0.163 e. The van der Waals surface area contributed by atoms with Gasteiger partial charge >= 0.3 is 0 Å². The fourth-order valence-electron chi connectivity index (χ4n) is 0.618. The van der Waals surface area contributed by atoms with Crippen LogP contribution in [0.25, 0.3) is 0 Å². The van der Waals surface area contributed by atoms with E-state index in [2.05, 4.69) is 22.6 Å². The van der Waals surface area contributed by atoms with Gasteiger partial charge in [-0.2, -0.15) is 0 Å². The van der Waals surface area contributed by atoms with E-state index in [0.717, 1.165) is 3.58 Å². The van der Waals surface area contributed by atoms with Gasteiger partial charge in [0.15, 0.2) is 3.61 Å². The molecule has 0 bridgehead atoms. The van der Waals surface area contributed by atoms with E-state index in [0.29, 0.717) is 0 Å². The Morgan fingerprint density at radius 1 is 1.60 bits per heavy atom. The number of aliphatic hydroxyl groups excluding tert-OH is 1. The molecule has 0 fully saturated rings. The summed E-state index contributed by atoms with van der Waals surface area (Å²) in [4.78, 5) is 0. The first kappa shape index (κ1) is 8.95. The zero-order chi connectivity index (χ0) is 7.78. The van der Waals surface area contributed by atoms with Gasteiger partial charge in [-0.3, -0.25) is 0 Å². The van der Waals surface area contributed by atoms with Crippen molar-refractivity contribution in [3.05, 3.63) is 21.8 Å². The maximum absolute atomic E-state index is 9.36. The minimum atomic E-state index is -1.12. The normalized spacial score (nSPS) is 39.6. The molecule has 10 heavy (non-hydrogen) atoms. The average Bonchev–Trinajstić information content (AvgIpc) is 1.81. The molecule has 2 atom stereocenters. The van der Waals surface area contributed by atoms with Crippen LogP contribution in [0.3, 0.4) is 0 Å². The van der Waals surface area contributed by atoms with Gasteiger partial charge in [0, 0.05) is 3.58 Å². The minimum absolute atomic E-state index is 0.787. The van der Waals surface area contributed by atoms with E-state index in [1.807, 2.05) is 0 Å². The molecule has 0 saturated heterocycles. The molecule has 0 aromatic heterocycles. The Kier molecular flexibility index (Phi) is 2.75. The highest BCUT2D eigenvalue weighted by molar-refractivity contribution is 14.1. The first-order valence-corrected chi connectivity index (χ1v) is 4.84. The van der Waals surface area contributed by atoms with Crippen LogP contribution in [0, 0.1) is 0 Å². The molecule has 2 unspecified atom stereocenters. The van der Waals surface area contributed by atoms with Gasteiger partial charge in [-0.05, 0) is 63.4 Å². The Morgan fingerprint density at radius 3 is 2.60 bits per heavy atom. The van der Waals surface area contributed by atoms with Crippen molar-refractivity contribution in [2.45, 2.75) is 9.71 Å². The molecule has 1 rings (SSSR count). The fraction of sp³-hybridized carbons (Fsp3) is 0.333. The van der Waals surface area contributed by atoms with E-state index in [-0.39, 0.29) is 0 Å². The molecular weight excluding hydrogens is 358 g/mol. The summed E-state index contributed by atoms with van der Waals surface area (Å²) in [6.07, 6.45) is 4.19. The molecule has 0 radical (unpaired) electrons. The third-order valence-corrected chi connectivity index (χ3v) is 2.93. The Labute approximate surface area is 86.3 Å². The summed E-state index contributed by atoms with van der Waals surface area (Å²) in [7, 11) is 0. The highest BCUT2D eigenvalue weighted by Crippen LogP contribution is 2.29. The van der Waals surface area contributed by atoms with Crippen LogP contribution >= 0.6 is 45.2 Å². The van der Waals surface area contributed by atoms with Gasteiger partial charge in [0.25, 0.3) is 0 Å². The number of halogens is 2. The largest absolute Gasteiger partial charge is 0.385 e. The molecule has 0 aromatic rings. The summed E-state index contributed by atoms with van der Waals surface area (Å²) < 4.78 is -0.168. The maximum atomic E-state index is 9.36. The lowest BCUT2D eigenvalue weighted by Crippen LogP contribution is -2.33. The standard InChI is InChI=1S/C6H6I2O2/c7-4-1-2-6(8,10)5(9)3-4/h1-3,5,9-10H. The second kappa shape index (κ2) is 3.08. The summed E-state index contributed by atoms with van der Waals surface area (Å²) in [6, 6.07) is 0. The van der Waals surface area contributed by atoms with E-state index in [4.69, 9.17) is 0 Å². The van der Waals surface area contributed by atoms with Gasteiger partial charge in [0.2, 0.25) is 0 Å². The lowest BCUT2D eigenvalue weighted by molar-refractivity contribution is 0.0666. The SMILES string of the molecule is OC1C=C(I)C=CC1(O)I. The molecule has 0 spiro atoms. The van der Waals surface area contributed by atoms with Crippen LogP contribution in [0.1, 0.15) is 0 Å². The highest BCUT2D eigenvalue weighted by atomic mass is 127. The third-order valence-electron chi connectivity index (χ3n) is 1.21. The van der Waals surface area contributed by atoms with Gasteiger partial charge in [-0.1, -0.05) is 0 Å². The predicted molar refractivity (Wildman–Crippen MR) is 56.2 cm³/mol. The van der Waals surface area contributed by atoms with E-state index in [1.54, 1.807) is 40.8 Å². The quantitative estimate of drug-likeness (QED) is 0.504. The molecule has 4 heteroatoms. The number of hydrogen-bond donors (Lipinski definition) is 2. The number of rotatable bonds is 0. The van der Waals surface area contributed by atoms with Gasteiger partial charge in [0.1, 0.15) is 6.10 Å².